The number of H-pyrrole nitrogens is 1. The molecular weight excluding hydrogens is 475 g/mol. The average Bonchev–Trinajstić information content (AvgIpc) is 3.08. The molecule has 2 aromatic carbocycles. The van der Waals surface area contributed by atoms with Crippen LogP contribution in [0.25, 0.3) is 11.0 Å². The quantitative estimate of drug-likeness (QED) is 0.198. The first-order chi connectivity index (χ1) is 13.2. The zero-order valence-corrected chi connectivity index (χ0v) is 18.0. The van der Waals surface area contributed by atoms with Crippen LogP contribution in [0.1, 0.15) is 24.7 Å². The van der Waals surface area contributed by atoms with Gasteiger partial charge in [0.15, 0.2) is 5.96 Å². The van der Waals surface area contributed by atoms with Crippen molar-refractivity contribution in [3.8, 4) is 0 Å². The maximum Gasteiger partial charge on any atom is 0.191 e. The summed E-state index contributed by atoms with van der Waals surface area (Å²) in [4.78, 5) is 12.2. The van der Waals surface area contributed by atoms with Gasteiger partial charge in [0.05, 0.1) is 17.6 Å². The summed E-state index contributed by atoms with van der Waals surface area (Å²) in [6.45, 7) is 3.40. The number of fused-ring (bicyclic) bond motifs is 1. The van der Waals surface area contributed by atoms with Gasteiger partial charge in [0.25, 0.3) is 0 Å². The van der Waals surface area contributed by atoms with E-state index < -0.39 is 11.6 Å². The van der Waals surface area contributed by atoms with Gasteiger partial charge in [-0.25, -0.2) is 18.8 Å². The van der Waals surface area contributed by atoms with Gasteiger partial charge >= 0.3 is 0 Å². The third-order valence-electron chi connectivity index (χ3n) is 4.08. The second-order valence-electron chi connectivity index (χ2n) is 6.16. The fourth-order valence-electron chi connectivity index (χ4n) is 2.76. The van der Waals surface area contributed by atoms with Gasteiger partial charge in [0.1, 0.15) is 17.5 Å². The SMILES string of the molecule is CCNC(=NCc1cc(F)ccc1F)NCCCc1nc2ccccc2[nH]1.I. The van der Waals surface area contributed by atoms with E-state index in [-0.39, 0.29) is 36.1 Å². The van der Waals surface area contributed by atoms with Crippen LogP contribution in [-0.4, -0.2) is 29.0 Å². The molecule has 0 amide bonds. The molecule has 0 aliphatic heterocycles. The van der Waals surface area contributed by atoms with Gasteiger partial charge in [-0.3, -0.25) is 0 Å². The smallest absolute Gasteiger partial charge is 0.191 e. The molecule has 28 heavy (non-hydrogen) atoms. The second-order valence-corrected chi connectivity index (χ2v) is 6.16. The normalized spacial score (nSPS) is 11.3. The molecular formula is C20H24F2IN5. The minimum atomic E-state index is -0.467. The maximum atomic E-state index is 13.7. The summed E-state index contributed by atoms with van der Waals surface area (Å²) in [5.41, 5.74) is 2.23. The van der Waals surface area contributed by atoms with E-state index in [0.29, 0.717) is 19.0 Å². The highest BCUT2D eigenvalue weighted by Crippen LogP contribution is 2.12. The average molecular weight is 499 g/mol. The van der Waals surface area contributed by atoms with E-state index in [2.05, 4.69) is 25.6 Å². The lowest BCUT2D eigenvalue weighted by atomic mass is 10.2. The summed E-state index contributed by atoms with van der Waals surface area (Å²) >= 11 is 0. The molecule has 1 aromatic heterocycles. The third-order valence-corrected chi connectivity index (χ3v) is 4.08. The number of benzene rings is 2. The first-order valence-electron chi connectivity index (χ1n) is 9.05. The van der Waals surface area contributed by atoms with Crippen molar-refractivity contribution in [2.75, 3.05) is 13.1 Å². The fraction of sp³-hybridized carbons (Fsp3) is 0.300. The Balaban J connectivity index is 0.00000280. The van der Waals surface area contributed by atoms with E-state index in [1.54, 1.807) is 0 Å². The van der Waals surface area contributed by atoms with Crippen LogP contribution in [0.3, 0.4) is 0 Å². The summed E-state index contributed by atoms with van der Waals surface area (Å²) in [5.74, 6) is 0.596. The van der Waals surface area contributed by atoms with Crippen molar-refractivity contribution in [2.24, 2.45) is 4.99 Å². The molecule has 3 aromatic rings. The molecule has 0 fully saturated rings. The third kappa shape index (κ3) is 6.15. The lowest BCUT2D eigenvalue weighted by Crippen LogP contribution is -2.37. The van der Waals surface area contributed by atoms with Crippen LogP contribution < -0.4 is 10.6 Å². The summed E-state index contributed by atoms with van der Waals surface area (Å²) in [5, 5.41) is 6.32. The number of imidazole rings is 1. The van der Waals surface area contributed by atoms with Gasteiger partial charge in [-0.2, -0.15) is 0 Å². The molecule has 3 rings (SSSR count). The Bertz CT molecular complexity index is 893. The van der Waals surface area contributed by atoms with Gasteiger partial charge in [0.2, 0.25) is 0 Å². The van der Waals surface area contributed by atoms with Crippen molar-refractivity contribution in [3.63, 3.8) is 0 Å². The number of nitrogens with one attached hydrogen (secondary N) is 3. The summed E-state index contributed by atoms with van der Waals surface area (Å²) in [6.07, 6.45) is 1.66. The van der Waals surface area contributed by atoms with Gasteiger partial charge < -0.3 is 15.6 Å². The fourth-order valence-corrected chi connectivity index (χ4v) is 2.76. The molecule has 1 heterocycles. The number of rotatable bonds is 7. The monoisotopic (exact) mass is 499 g/mol. The van der Waals surface area contributed by atoms with Crippen molar-refractivity contribution in [1.82, 2.24) is 20.6 Å². The topological polar surface area (TPSA) is 65.1 Å². The van der Waals surface area contributed by atoms with Crippen molar-refractivity contribution in [1.29, 1.82) is 0 Å². The number of nitrogens with zero attached hydrogens (tertiary/aromatic N) is 2. The van der Waals surface area contributed by atoms with Gasteiger partial charge in [-0.1, -0.05) is 12.1 Å². The lowest BCUT2D eigenvalue weighted by molar-refractivity contribution is 0.585. The van der Waals surface area contributed by atoms with Crippen LogP contribution in [0, 0.1) is 11.6 Å². The predicted molar refractivity (Wildman–Crippen MR) is 119 cm³/mol. The standard InChI is InChI=1S/C20H23F2N5.HI/c1-2-23-20(25-13-14-12-15(21)9-10-16(14)22)24-11-5-8-19-26-17-6-3-4-7-18(17)27-19;/h3-4,6-7,9-10,12H,2,5,8,11,13H2,1H3,(H,26,27)(H2,23,24,25);1H. The minimum absolute atomic E-state index is 0. The van der Waals surface area contributed by atoms with Gasteiger partial charge in [-0.15, -0.1) is 24.0 Å². The molecule has 0 aliphatic carbocycles. The number of hydrogen-bond donors (Lipinski definition) is 3. The highest BCUT2D eigenvalue weighted by Gasteiger charge is 2.05. The Morgan fingerprint density at radius 3 is 2.75 bits per heavy atom. The van der Waals surface area contributed by atoms with Crippen molar-refractivity contribution in [2.45, 2.75) is 26.3 Å². The Labute approximate surface area is 180 Å². The molecule has 3 N–H and O–H groups in total. The summed E-state index contributed by atoms with van der Waals surface area (Å²) in [6, 6.07) is 11.3. The molecule has 0 bridgehead atoms. The number of aromatic nitrogens is 2. The van der Waals surface area contributed by atoms with E-state index in [1.165, 1.54) is 6.07 Å². The van der Waals surface area contributed by atoms with E-state index in [4.69, 9.17) is 0 Å². The molecule has 150 valence electrons. The Morgan fingerprint density at radius 1 is 1.14 bits per heavy atom. The number of hydrogen-bond acceptors (Lipinski definition) is 2. The molecule has 0 saturated heterocycles. The Morgan fingerprint density at radius 2 is 1.96 bits per heavy atom. The van der Waals surface area contributed by atoms with E-state index in [9.17, 15) is 8.78 Å². The number of aliphatic imine (C=N–C) groups is 1. The second kappa shape index (κ2) is 10.9. The molecule has 0 atom stereocenters. The first kappa shape index (κ1) is 22.1. The van der Waals surface area contributed by atoms with Crippen LogP contribution in [-0.2, 0) is 13.0 Å². The molecule has 0 unspecified atom stereocenters. The summed E-state index contributed by atoms with van der Waals surface area (Å²) in [7, 11) is 0. The molecule has 0 spiro atoms. The van der Waals surface area contributed by atoms with Crippen LogP contribution in [0.2, 0.25) is 0 Å². The summed E-state index contributed by atoms with van der Waals surface area (Å²) < 4.78 is 27.0. The zero-order chi connectivity index (χ0) is 19.1. The van der Waals surface area contributed by atoms with E-state index >= 15 is 0 Å². The van der Waals surface area contributed by atoms with Gasteiger partial charge in [-0.05, 0) is 43.7 Å². The van der Waals surface area contributed by atoms with E-state index in [0.717, 1.165) is 41.8 Å². The number of aryl methyl sites for hydroxylation is 1. The number of halogens is 3. The zero-order valence-electron chi connectivity index (χ0n) is 15.6. The Hall–Kier alpha value is -2.23. The molecule has 0 aliphatic rings. The maximum absolute atomic E-state index is 13.7. The van der Waals surface area contributed by atoms with Crippen molar-refractivity contribution < 1.29 is 8.78 Å². The minimum Gasteiger partial charge on any atom is -0.357 e. The number of aromatic amines is 1. The largest absolute Gasteiger partial charge is 0.357 e. The number of guanidine groups is 1. The number of para-hydroxylation sites is 2. The van der Waals surface area contributed by atoms with Crippen LogP contribution in [0.5, 0.6) is 0 Å². The molecule has 0 saturated carbocycles. The molecule has 5 nitrogen and oxygen atoms in total. The van der Waals surface area contributed by atoms with Crippen LogP contribution in [0.4, 0.5) is 8.78 Å². The van der Waals surface area contributed by atoms with Crippen molar-refractivity contribution >= 4 is 41.0 Å². The molecule has 8 heteroatoms. The Kier molecular flexibility index (Phi) is 8.62. The predicted octanol–water partition coefficient (Wildman–Crippen LogP) is 4.15. The first-order valence-corrected chi connectivity index (χ1v) is 9.05. The highest BCUT2D eigenvalue weighted by atomic mass is 127. The van der Waals surface area contributed by atoms with Gasteiger partial charge in [0, 0.05) is 25.1 Å². The lowest BCUT2D eigenvalue weighted by Gasteiger charge is -2.11. The van der Waals surface area contributed by atoms with E-state index in [1.807, 2.05) is 31.2 Å². The van der Waals surface area contributed by atoms with Crippen LogP contribution >= 0.6 is 24.0 Å². The highest BCUT2D eigenvalue weighted by molar-refractivity contribution is 14.0. The molecule has 0 radical (unpaired) electrons. The van der Waals surface area contributed by atoms with Crippen LogP contribution in [0.15, 0.2) is 47.5 Å². The van der Waals surface area contributed by atoms with Crippen molar-refractivity contribution in [3.05, 3.63) is 65.5 Å².